The van der Waals surface area contributed by atoms with E-state index in [9.17, 15) is 14.4 Å². The van der Waals surface area contributed by atoms with Crippen LogP contribution in [0.4, 0.5) is 0 Å². The highest BCUT2D eigenvalue weighted by Gasteiger charge is 2.28. The Kier molecular flexibility index (Phi) is 5.46. The molecule has 1 N–H and O–H groups in total. The average molecular weight is 350 g/mol. The summed E-state index contributed by atoms with van der Waals surface area (Å²) in [5.41, 5.74) is 2.58. The van der Waals surface area contributed by atoms with Crippen molar-refractivity contribution in [3.05, 3.63) is 71.3 Å². The second kappa shape index (κ2) is 7.95. The first-order valence-corrected chi connectivity index (χ1v) is 8.80. The van der Waals surface area contributed by atoms with Crippen LogP contribution in [0, 0.1) is 0 Å². The molecule has 0 bridgehead atoms. The lowest BCUT2D eigenvalue weighted by atomic mass is 10.0. The van der Waals surface area contributed by atoms with Gasteiger partial charge in [0.25, 0.3) is 5.91 Å². The van der Waals surface area contributed by atoms with Crippen LogP contribution in [0.5, 0.6) is 0 Å². The van der Waals surface area contributed by atoms with Crippen molar-refractivity contribution in [1.82, 2.24) is 10.2 Å². The normalized spacial score (nSPS) is 15.2. The van der Waals surface area contributed by atoms with Crippen LogP contribution >= 0.6 is 0 Å². The maximum absolute atomic E-state index is 12.3. The first-order valence-electron chi connectivity index (χ1n) is 8.80. The summed E-state index contributed by atoms with van der Waals surface area (Å²) in [6.45, 7) is 2.90. The number of nitrogens with one attached hydrogen (secondary N) is 1. The Labute approximate surface area is 153 Å². The van der Waals surface area contributed by atoms with E-state index in [-0.39, 0.29) is 30.2 Å². The number of rotatable bonds is 6. The third-order valence-corrected chi connectivity index (χ3v) is 4.65. The van der Waals surface area contributed by atoms with Gasteiger partial charge in [-0.05, 0) is 29.2 Å². The summed E-state index contributed by atoms with van der Waals surface area (Å²) in [5, 5.41) is 2.95. The van der Waals surface area contributed by atoms with Crippen molar-refractivity contribution in [1.29, 1.82) is 0 Å². The van der Waals surface area contributed by atoms with E-state index in [0.29, 0.717) is 24.9 Å². The fourth-order valence-electron chi connectivity index (χ4n) is 2.99. The van der Waals surface area contributed by atoms with E-state index in [1.165, 1.54) is 10.5 Å². The molecule has 0 radical (unpaired) electrons. The Morgan fingerprint density at radius 1 is 1.00 bits per heavy atom. The molecule has 0 spiro atoms. The van der Waals surface area contributed by atoms with Crippen molar-refractivity contribution in [2.24, 2.45) is 0 Å². The summed E-state index contributed by atoms with van der Waals surface area (Å²) >= 11 is 0. The predicted octanol–water partition coefficient (Wildman–Crippen LogP) is 2.87. The molecule has 3 amide bonds. The number of likely N-dealkylation sites (tertiary alicyclic amines) is 1. The topological polar surface area (TPSA) is 66.5 Å². The molecule has 1 aliphatic heterocycles. The summed E-state index contributed by atoms with van der Waals surface area (Å²) in [6.07, 6.45) is 0.581. The average Bonchev–Trinajstić information content (AvgIpc) is 2.99. The number of carbonyl (C=O) groups is 3. The van der Waals surface area contributed by atoms with Gasteiger partial charge >= 0.3 is 0 Å². The number of hydrogen-bond acceptors (Lipinski definition) is 3. The Morgan fingerprint density at radius 2 is 1.62 bits per heavy atom. The smallest absolute Gasteiger partial charge is 0.251 e. The molecule has 0 saturated carbocycles. The largest absolute Gasteiger partial charge is 0.351 e. The number of benzene rings is 2. The number of hydrogen-bond donors (Lipinski definition) is 1. The van der Waals surface area contributed by atoms with Gasteiger partial charge in [-0.15, -0.1) is 0 Å². The molecule has 2 aromatic rings. The summed E-state index contributed by atoms with van der Waals surface area (Å²) < 4.78 is 0. The molecule has 26 heavy (non-hydrogen) atoms. The zero-order valence-corrected chi connectivity index (χ0v) is 14.8. The van der Waals surface area contributed by atoms with Crippen molar-refractivity contribution in [2.75, 3.05) is 6.54 Å². The highest BCUT2D eigenvalue weighted by atomic mass is 16.2. The lowest BCUT2D eigenvalue weighted by molar-refractivity contribution is -0.139. The van der Waals surface area contributed by atoms with Crippen LogP contribution in [0.1, 0.15) is 47.2 Å². The molecule has 1 atom stereocenters. The highest BCUT2D eigenvalue weighted by molar-refractivity contribution is 6.01. The van der Waals surface area contributed by atoms with Gasteiger partial charge in [0.15, 0.2) is 0 Å². The number of nitrogens with zero attached hydrogens (tertiary/aromatic N) is 1. The van der Waals surface area contributed by atoms with Crippen molar-refractivity contribution in [3.63, 3.8) is 0 Å². The van der Waals surface area contributed by atoms with Gasteiger partial charge in [0.1, 0.15) is 0 Å². The maximum Gasteiger partial charge on any atom is 0.251 e. The van der Waals surface area contributed by atoms with Gasteiger partial charge in [-0.25, -0.2) is 0 Å². The van der Waals surface area contributed by atoms with Crippen LogP contribution in [0.25, 0.3) is 0 Å². The molecule has 0 aromatic heterocycles. The van der Waals surface area contributed by atoms with Crippen LogP contribution in [-0.4, -0.2) is 29.2 Å². The zero-order chi connectivity index (χ0) is 18.5. The first kappa shape index (κ1) is 17.9. The minimum absolute atomic E-state index is 0.132. The standard InChI is InChI=1S/C21H22N2O3/c1-15(17-5-3-2-4-6-17)13-22-21(26)18-9-7-16(8-10-18)14-23-19(24)11-12-20(23)25/h2-10,15H,11-14H2,1H3,(H,22,26)/t15-/m0/s1. The minimum atomic E-state index is -0.133. The van der Waals surface area contributed by atoms with Crippen molar-refractivity contribution < 1.29 is 14.4 Å². The second-order valence-corrected chi connectivity index (χ2v) is 6.59. The van der Waals surface area contributed by atoms with E-state index < -0.39 is 0 Å². The SMILES string of the molecule is C[C@@H](CNC(=O)c1ccc(CN2C(=O)CCC2=O)cc1)c1ccccc1. The zero-order valence-electron chi connectivity index (χ0n) is 14.8. The highest BCUT2D eigenvalue weighted by Crippen LogP contribution is 2.17. The van der Waals surface area contributed by atoms with Gasteiger partial charge in [0.2, 0.25) is 11.8 Å². The molecule has 1 aliphatic rings. The Balaban J connectivity index is 1.55. The van der Waals surface area contributed by atoms with Crippen molar-refractivity contribution >= 4 is 17.7 Å². The summed E-state index contributed by atoms with van der Waals surface area (Å²) in [6, 6.07) is 17.1. The molecule has 1 heterocycles. The molecule has 1 fully saturated rings. The van der Waals surface area contributed by atoms with Crippen LogP contribution in [0.15, 0.2) is 54.6 Å². The third kappa shape index (κ3) is 4.17. The summed E-state index contributed by atoms with van der Waals surface area (Å²) in [4.78, 5) is 36.9. The molecular formula is C21H22N2O3. The first-order chi connectivity index (χ1) is 12.5. The van der Waals surface area contributed by atoms with E-state index in [4.69, 9.17) is 0 Å². The minimum Gasteiger partial charge on any atom is -0.351 e. The van der Waals surface area contributed by atoms with Gasteiger partial charge in [-0.3, -0.25) is 19.3 Å². The fraction of sp³-hybridized carbons (Fsp3) is 0.286. The van der Waals surface area contributed by atoms with Crippen LogP contribution < -0.4 is 5.32 Å². The Morgan fingerprint density at radius 3 is 2.23 bits per heavy atom. The monoisotopic (exact) mass is 350 g/mol. The van der Waals surface area contributed by atoms with Crippen molar-refractivity contribution in [3.8, 4) is 0 Å². The summed E-state index contributed by atoms with van der Waals surface area (Å²) in [5.74, 6) is -0.169. The molecule has 5 nitrogen and oxygen atoms in total. The summed E-state index contributed by atoms with van der Waals surface area (Å²) in [7, 11) is 0. The molecule has 3 rings (SSSR count). The quantitative estimate of drug-likeness (QED) is 0.815. The number of carbonyl (C=O) groups excluding carboxylic acids is 3. The molecule has 134 valence electrons. The lowest BCUT2D eigenvalue weighted by Gasteiger charge is -2.15. The Bertz CT molecular complexity index is 784. The van der Waals surface area contributed by atoms with E-state index >= 15 is 0 Å². The third-order valence-electron chi connectivity index (χ3n) is 4.65. The molecule has 0 aliphatic carbocycles. The molecule has 2 aromatic carbocycles. The molecular weight excluding hydrogens is 328 g/mol. The van der Waals surface area contributed by atoms with Crippen LogP contribution in [0.3, 0.4) is 0 Å². The van der Waals surface area contributed by atoms with Gasteiger partial charge in [-0.2, -0.15) is 0 Å². The molecule has 1 saturated heterocycles. The van der Waals surface area contributed by atoms with E-state index in [2.05, 4.69) is 12.2 Å². The van der Waals surface area contributed by atoms with Gasteiger partial charge < -0.3 is 5.32 Å². The maximum atomic E-state index is 12.3. The predicted molar refractivity (Wildman–Crippen MR) is 98.4 cm³/mol. The van der Waals surface area contributed by atoms with Gasteiger partial charge in [-0.1, -0.05) is 49.4 Å². The van der Waals surface area contributed by atoms with Crippen molar-refractivity contribution in [2.45, 2.75) is 32.2 Å². The lowest BCUT2D eigenvalue weighted by Crippen LogP contribution is -2.29. The van der Waals surface area contributed by atoms with E-state index in [1.807, 2.05) is 30.3 Å². The van der Waals surface area contributed by atoms with Crippen LogP contribution in [-0.2, 0) is 16.1 Å². The van der Waals surface area contributed by atoms with E-state index in [1.54, 1.807) is 24.3 Å². The Hall–Kier alpha value is -2.95. The number of amides is 3. The van der Waals surface area contributed by atoms with Crippen LogP contribution in [0.2, 0.25) is 0 Å². The molecule has 5 heteroatoms. The van der Waals surface area contributed by atoms with E-state index in [0.717, 1.165) is 5.56 Å². The van der Waals surface area contributed by atoms with Gasteiger partial charge in [0.05, 0.1) is 6.54 Å². The van der Waals surface area contributed by atoms with Gasteiger partial charge in [0, 0.05) is 24.9 Å². The fourth-order valence-corrected chi connectivity index (χ4v) is 2.99. The second-order valence-electron chi connectivity index (χ2n) is 6.59. The number of imide groups is 1. The molecule has 0 unspecified atom stereocenters.